The van der Waals surface area contributed by atoms with Gasteiger partial charge < -0.3 is 4.90 Å². The van der Waals surface area contributed by atoms with E-state index in [9.17, 15) is 9.59 Å². The first kappa shape index (κ1) is 14.5. The molecule has 0 fully saturated rings. The third-order valence-electron chi connectivity index (χ3n) is 4.01. The Morgan fingerprint density at radius 1 is 1.36 bits per heavy atom. The van der Waals surface area contributed by atoms with Crippen LogP contribution in [0, 0.1) is 0 Å². The van der Waals surface area contributed by atoms with Crippen LogP contribution in [0.5, 0.6) is 0 Å². The van der Waals surface area contributed by atoms with Gasteiger partial charge in [-0.3, -0.25) is 9.59 Å². The highest BCUT2D eigenvalue weighted by Gasteiger charge is 2.24. The third-order valence-corrected chi connectivity index (χ3v) is 4.01. The number of rotatable bonds is 4. The zero-order valence-corrected chi connectivity index (χ0v) is 12.6. The second-order valence-corrected chi connectivity index (χ2v) is 5.52. The molecule has 5 heteroatoms. The zero-order chi connectivity index (χ0) is 15.5. The number of amides is 1. The normalized spacial score (nSPS) is 17.3. The van der Waals surface area contributed by atoms with Gasteiger partial charge in [-0.25, -0.2) is 4.68 Å². The number of nitrogens with zero attached hydrogens (tertiary/aromatic N) is 3. The molecule has 1 amide bonds. The first-order valence-electron chi connectivity index (χ1n) is 7.61. The SMILES string of the molecule is CCCC1C=CCN1C(=O)Cn1ncc2ccccc2c1=O. The van der Waals surface area contributed by atoms with Crippen LogP contribution in [0.3, 0.4) is 0 Å². The predicted molar refractivity (Wildman–Crippen MR) is 85.6 cm³/mol. The van der Waals surface area contributed by atoms with E-state index in [0.717, 1.165) is 18.2 Å². The van der Waals surface area contributed by atoms with Crippen LogP contribution >= 0.6 is 0 Å². The van der Waals surface area contributed by atoms with Crippen molar-refractivity contribution in [2.45, 2.75) is 32.4 Å². The fourth-order valence-corrected chi connectivity index (χ4v) is 2.86. The van der Waals surface area contributed by atoms with Crippen molar-refractivity contribution in [3.05, 3.63) is 53.0 Å². The summed E-state index contributed by atoms with van der Waals surface area (Å²) in [5.74, 6) is -0.0617. The van der Waals surface area contributed by atoms with Gasteiger partial charge in [0, 0.05) is 11.9 Å². The summed E-state index contributed by atoms with van der Waals surface area (Å²) in [4.78, 5) is 26.7. The van der Waals surface area contributed by atoms with E-state index >= 15 is 0 Å². The van der Waals surface area contributed by atoms with Gasteiger partial charge in [-0.1, -0.05) is 43.7 Å². The van der Waals surface area contributed by atoms with Crippen LogP contribution in [-0.4, -0.2) is 33.2 Å². The lowest BCUT2D eigenvalue weighted by molar-refractivity contribution is -0.132. The number of hydrogen-bond donors (Lipinski definition) is 0. The minimum atomic E-state index is -0.217. The summed E-state index contributed by atoms with van der Waals surface area (Å²) >= 11 is 0. The molecule has 0 saturated heterocycles. The van der Waals surface area contributed by atoms with E-state index in [1.165, 1.54) is 4.68 Å². The molecule has 2 heterocycles. The summed E-state index contributed by atoms with van der Waals surface area (Å²) in [6, 6.07) is 7.44. The molecule has 1 unspecified atom stereocenters. The van der Waals surface area contributed by atoms with E-state index in [0.29, 0.717) is 11.9 Å². The fourth-order valence-electron chi connectivity index (χ4n) is 2.86. The molecular weight excluding hydrogens is 278 g/mol. The molecular formula is C17H19N3O2. The molecule has 114 valence electrons. The molecule has 0 N–H and O–H groups in total. The standard InChI is InChI=1S/C17H19N3O2/c1-2-6-14-8-5-10-19(14)16(21)12-20-17(22)15-9-4-3-7-13(15)11-18-20/h3-5,7-9,11,14H,2,6,10,12H2,1H3. The van der Waals surface area contributed by atoms with Crippen LogP contribution in [0.4, 0.5) is 0 Å². The second kappa shape index (κ2) is 6.13. The van der Waals surface area contributed by atoms with E-state index in [1.807, 2.05) is 29.2 Å². The van der Waals surface area contributed by atoms with Gasteiger partial charge in [-0.2, -0.15) is 5.10 Å². The van der Waals surface area contributed by atoms with Crippen LogP contribution in [0.2, 0.25) is 0 Å². The zero-order valence-electron chi connectivity index (χ0n) is 12.6. The Labute approximate surface area is 128 Å². The van der Waals surface area contributed by atoms with E-state index in [-0.39, 0.29) is 24.1 Å². The van der Waals surface area contributed by atoms with E-state index in [4.69, 9.17) is 0 Å². The van der Waals surface area contributed by atoms with Gasteiger partial charge in [0.15, 0.2) is 0 Å². The van der Waals surface area contributed by atoms with Crippen molar-refractivity contribution in [1.29, 1.82) is 0 Å². The molecule has 1 aliphatic rings. The molecule has 0 aliphatic carbocycles. The summed E-state index contributed by atoms with van der Waals surface area (Å²) in [7, 11) is 0. The average Bonchev–Trinajstić information content (AvgIpc) is 2.99. The predicted octanol–water partition coefficient (Wildman–Crippen LogP) is 1.96. The van der Waals surface area contributed by atoms with Crippen LogP contribution in [-0.2, 0) is 11.3 Å². The van der Waals surface area contributed by atoms with Crippen LogP contribution in [0.15, 0.2) is 47.4 Å². The van der Waals surface area contributed by atoms with Crippen LogP contribution in [0.25, 0.3) is 10.8 Å². The highest BCUT2D eigenvalue weighted by atomic mass is 16.2. The van der Waals surface area contributed by atoms with Gasteiger partial charge in [0.25, 0.3) is 5.56 Å². The molecule has 1 atom stereocenters. The quantitative estimate of drug-likeness (QED) is 0.811. The minimum Gasteiger partial charge on any atom is -0.331 e. The van der Waals surface area contributed by atoms with Crippen molar-refractivity contribution in [1.82, 2.24) is 14.7 Å². The van der Waals surface area contributed by atoms with Crippen molar-refractivity contribution < 1.29 is 4.79 Å². The van der Waals surface area contributed by atoms with Crippen molar-refractivity contribution in [2.24, 2.45) is 0 Å². The molecule has 1 aromatic carbocycles. The largest absolute Gasteiger partial charge is 0.331 e. The first-order chi connectivity index (χ1) is 10.7. The van der Waals surface area contributed by atoms with Crippen LogP contribution < -0.4 is 5.56 Å². The molecule has 22 heavy (non-hydrogen) atoms. The molecule has 0 bridgehead atoms. The van der Waals surface area contributed by atoms with Crippen molar-refractivity contribution in [3.63, 3.8) is 0 Å². The first-order valence-corrected chi connectivity index (χ1v) is 7.61. The Morgan fingerprint density at radius 3 is 3.00 bits per heavy atom. The van der Waals surface area contributed by atoms with Gasteiger partial charge in [0.05, 0.1) is 17.6 Å². The third kappa shape index (κ3) is 2.66. The molecule has 0 saturated carbocycles. The summed E-state index contributed by atoms with van der Waals surface area (Å²) < 4.78 is 1.26. The topological polar surface area (TPSA) is 55.2 Å². The monoisotopic (exact) mass is 297 g/mol. The van der Waals surface area contributed by atoms with Gasteiger partial charge in [0.2, 0.25) is 5.91 Å². The lowest BCUT2D eigenvalue weighted by Gasteiger charge is -2.24. The van der Waals surface area contributed by atoms with E-state index in [2.05, 4.69) is 18.1 Å². The molecule has 2 aromatic rings. The number of aromatic nitrogens is 2. The van der Waals surface area contributed by atoms with Gasteiger partial charge in [-0.05, 0) is 12.5 Å². The summed E-state index contributed by atoms with van der Waals surface area (Å²) in [6.07, 6.45) is 7.68. The number of benzene rings is 1. The van der Waals surface area contributed by atoms with Crippen LogP contribution in [0.1, 0.15) is 19.8 Å². The average molecular weight is 297 g/mol. The Bertz CT molecular complexity index is 779. The van der Waals surface area contributed by atoms with E-state index < -0.39 is 0 Å². The lowest BCUT2D eigenvalue weighted by atomic mass is 10.1. The summed E-state index contributed by atoms with van der Waals surface area (Å²) in [6.45, 7) is 2.71. The van der Waals surface area contributed by atoms with Gasteiger partial charge >= 0.3 is 0 Å². The maximum Gasteiger partial charge on any atom is 0.275 e. The number of fused-ring (bicyclic) bond motifs is 1. The van der Waals surface area contributed by atoms with E-state index in [1.54, 1.807) is 12.3 Å². The highest BCUT2D eigenvalue weighted by Crippen LogP contribution is 2.15. The summed E-state index contributed by atoms with van der Waals surface area (Å²) in [5.41, 5.74) is -0.217. The molecule has 1 aliphatic heterocycles. The maximum atomic E-state index is 12.5. The molecule has 5 nitrogen and oxygen atoms in total. The summed E-state index contributed by atoms with van der Waals surface area (Å²) in [5, 5.41) is 5.51. The fraction of sp³-hybridized carbons (Fsp3) is 0.353. The molecule has 0 radical (unpaired) electrons. The Kier molecular flexibility index (Phi) is 4.04. The Balaban J connectivity index is 1.83. The highest BCUT2D eigenvalue weighted by molar-refractivity contribution is 5.81. The molecule has 3 rings (SSSR count). The Morgan fingerprint density at radius 2 is 2.18 bits per heavy atom. The number of carbonyl (C=O) groups excluding carboxylic acids is 1. The smallest absolute Gasteiger partial charge is 0.275 e. The number of hydrogen-bond acceptors (Lipinski definition) is 3. The number of carbonyl (C=O) groups is 1. The van der Waals surface area contributed by atoms with Gasteiger partial charge in [0.1, 0.15) is 6.54 Å². The maximum absolute atomic E-state index is 12.5. The Hall–Kier alpha value is -2.43. The second-order valence-electron chi connectivity index (χ2n) is 5.52. The van der Waals surface area contributed by atoms with Gasteiger partial charge in [-0.15, -0.1) is 0 Å². The lowest BCUT2D eigenvalue weighted by Crippen LogP contribution is -2.40. The van der Waals surface area contributed by atoms with Crippen molar-refractivity contribution in [3.8, 4) is 0 Å². The molecule has 0 spiro atoms. The minimum absolute atomic E-state index is 0.00837. The van der Waals surface area contributed by atoms with Crippen molar-refractivity contribution in [2.75, 3.05) is 6.54 Å². The van der Waals surface area contributed by atoms with Crippen molar-refractivity contribution >= 4 is 16.7 Å². The molecule has 1 aromatic heterocycles.